The molecule has 0 saturated carbocycles. The lowest BCUT2D eigenvalue weighted by atomic mass is 9.93. The van der Waals surface area contributed by atoms with E-state index in [-0.39, 0.29) is 18.0 Å². The van der Waals surface area contributed by atoms with Crippen LogP contribution in [0.5, 0.6) is 5.75 Å². The van der Waals surface area contributed by atoms with E-state index in [9.17, 15) is 9.59 Å². The van der Waals surface area contributed by atoms with Gasteiger partial charge >= 0.3 is 5.97 Å². The first-order valence-electron chi connectivity index (χ1n) is 9.57. The van der Waals surface area contributed by atoms with Crippen molar-refractivity contribution >= 4 is 17.6 Å². The predicted molar refractivity (Wildman–Crippen MR) is 110 cm³/mol. The monoisotopic (exact) mass is 387 g/mol. The minimum atomic E-state index is -0.367. The molecule has 3 aromatic rings. The molecule has 0 aromatic heterocycles. The van der Waals surface area contributed by atoms with Crippen molar-refractivity contribution in [1.29, 1.82) is 0 Å². The fraction of sp³-hybridized carbons (Fsp3) is 0.167. The second-order valence-electron chi connectivity index (χ2n) is 6.76. The van der Waals surface area contributed by atoms with Gasteiger partial charge in [0.2, 0.25) is 0 Å². The number of benzene rings is 3. The molecule has 3 aromatic carbocycles. The number of anilines is 1. The Labute approximate surface area is 169 Å². The lowest BCUT2D eigenvalue weighted by molar-refractivity contribution is 0.0252. The van der Waals surface area contributed by atoms with Gasteiger partial charge in [0.25, 0.3) is 5.91 Å². The molecule has 1 amide bonds. The van der Waals surface area contributed by atoms with Crippen molar-refractivity contribution in [2.75, 3.05) is 11.9 Å². The topological polar surface area (TPSA) is 64.6 Å². The summed E-state index contributed by atoms with van der Waals surface area (Å²) in [5.41, 5.74) is 3.34. The molecule has 0 aliphatic carbocycles. The minimum absolute atomic E-state index is 0.254. The molecule has 146 valence electrons. The Balaban J connectivity index is 1.58. The molecular weight excluding hydrogens is 366 g/mol. The number of ether oxygens (including phenoxy) is 2. The summed E-state index contributed by atoms with van der Waals surface area (Å²) in [5, 5.41) is 2.89. The summed E-state index contributed by atoms with van der Waals surface area (Å²) in [7, 11) is 0. The summed E-state index contributed by atoms with van der Waals surface area (Å²) in [5.74, 6) is -0.00191. The van der Waals surface area contributed by atoms with Crippen LogP contribution in [0.1, 0.15) is 44.9 Å². The lowest BCUT2D eigenvalue weighted by Crippen LogP contribution is -2.23. The van der Waals surface area contributed by atoms with Crippen LogP contribution in [0.25, 0.3) is 0 Å². The van der Waals surface area contributed by atoms with Crippen molar-refractivity contribution in [2.45, 2.75) is 19.4 Å². The molecule has 29 heavy (non-hydrogen) atoms. The van der Waals surface area contributed by atoms with E-state index < -0.39 is 0 Å². The molecule has 1 aliphatic rings. The molecule has 0 radical (unpaired) electrons. The zero-order chi connectivity index (χ0) is 20.2. The molecule has 1 N–H and O–H groups in total. The van der Waals surface area contributed by atoms with Gasteiger partial charge in [0.05, 0.1) is 17.9 Å². The van der Waals surface area contributed by atoms with Crippen LogP contribution < -0.4 is 10.1 Å². The van der Waals surface area contributed by atoms with Gasteiger partial charge in [-0.05, 0) is 48.4 Å². The van der Waals surface area contributed by atoms with Crippen LogP contribution in [0.15, 0.2) is 72.8 Å². The van der Waals surface area contributed by atoms with Gasteiger partial charge in [-0.25, -0.2) is 4.79 Å². The number of esters is 1. The number of carbonyl (C=O) groups excluding carboxylic acids is 2. The first-order chi connectivity index (χ1) is 14.2. The molecule has 0 saturated heterocycles. The fourth-order valence-electron chi connectivity index (χ4n) is 3.44. The standard InChI is InChI=1S/C24H21NO4/c1-2-28-21-11-7-6-10-20(21)25-23(26)17-12-13-19-18(14-17)15-22(29-24(19)27)16-8-4-3-5-9-16/h3-14,22H,2,15H2,1H3,(H,25,26)/t22-/m1/s1. The summed E-state index contributed by atoms with van der Waals surface area (Å²) in [4.78, 5) is 25.2. The van der Waals surface area contributed by atoms with E-state index in [0.29, 0.717) is 35.6 Å². The maximum Gasteiger partial charge on any atom is 0.339 e. The third kappa shape index (κ3) is 3.99. The first-order valence-corrected chi connectivity index (χ1v) is 9.57. The van der Waals surface area contributed by atoms with Crippen molar-refractivity contribution in [3.63, 3.8) is 0 Å². The van der Waals surface area contributed by atoms with Crippen LogP contribution in [0, 0.1) is 0 Å². The number of para-hydroxylation sites is 2. The molecule has 5 heteroatoms. The Kier molecular flexibility index (Phi) is 5.29. The smallest absolute Gasteiger partial charge is 0.339 e. The van der Waals surface area contributed by atoms with Gasteiger partial charge in [0, 0.05) is 12.0 Å². The average molecular weight is 387 g/mol. The molecule has 1 aliphatic heterocycles. The number of nitrogens with one attached hydrogen (secondary N) is 1. The van der Waals surface area contributed by atoms with Crippen LogP contribution in [0.2, 0.25) is 0 Å². The second kappa shape index (κ2) is 8.19. The Bertz CT molecular complexity index is 1050. The number of carbonyl (C=O) groups is 2. The van der Waals surface area contributed by atoms with Gasteiger partial charge in [-0.2, -0.15) is 0 Å². The van der Waals surface area contributed by atoms with Gasteiger partial charge in [0.1, 0.15) is 11.9 Å². The van der Waals surface area contributed by atoms with E-state index in [1.807, 2.05) is 55.5 Å². The van der Waals surface area contributed by atoms with Crippen LogP contribution >= 0.6 is 0 Å². The van der Waals surface area contributed by atoms with Crippen molar-refractivity contribution in [2.24, 2.45) is 0 Å². The van der Waals surface area contributed by atoms with Crippen molar-refractivity contribution in [3.8, 4) is 5.75 Å². The maximum absolute atomic E-state index is 12.8. The Morgan fingerprint density at radius 3 is 2.62 bits per heavy atom. The van der Waals surface area contributed by atoms with Crippen LogP contribution in [0.4, 0.5) is 5.69 Å². The van der Waals surface area contributed by atoms with E-state index in [1.54, 1.807) is 24.3 Å². The van der Waals surface area contributed by atoms with Crippen molar-refractivity contribution in [1.82, 2.24) is 0 Å². The number of hydrogen-bond donors (Lipinski definition) is 1. The molecule has 0 bridgehead atoms. The van der Waals surface area contributed by atoms with E-state index in [1.165, 1.54) is 0 Å². The minimum Gasteiger partial charge on any atom is -0.492 e. The molecule has 1 heterocycles. The van der Waals surface area contributed by atoms with Gasteiger partial charge in [-0.3, -0.25) is 4.79 Å². The van der Waals surface area contributed by atoms with Gasteiger partial charge < -0.3 is 14.8 Å². The van der Waals surface area contributed by atoms with Crippen molar-refractivity contribution in [3.05, 3.63) is 95.1 Å². The number of hydrogen-bond acceptors (Lipinski definition) is 4. The predicted octanol–water partition coefficient (Wildman–Crippen LogP) is 4.79. The quantitative estimate of drug-likeness (QED) is 0.639. The lowest BCUT2D eigenvalue weighted by Gasteiger charge is -2.25. The summed E-state index contributed by atoms with van der Waals surface area (Å²) in [6.07, 6.45) is 0.176. The van der Waals surface area contributed by atoms with Crippen LogP contribution in [-0.2, 0) is 11.2 Å². The number of fused-ring (bicyclic) bond motifs is 1. The molecule has 0 unspecified atom stereocenters. The third-order valence-electron chi connectivity index (χ3n) is 4.85. The SMILES string of the molecule is CCOc1ccccc1NC(=O)c1ccc2c(c1)C[C@H](c1ccccc1)OC2=O. The molecule has 1 atom stereocenters. The highest BCUT2D eigenvalue weighted by atomic mass is 16.5. The third-order valence-corrected chi connectivity index (χ3v) is 4.85. The molecular formula is C24H21NO4. The number of amides is 1. The summed E-state index contributed by atoms with van der Waals surface area (Å²) >= 11 is 0. The largest absolute Gasteiger partial charge is 0.492 e. The second-order valence-corrected chi connectivity index (χ2v) is 6.76. The maximum atomic E-state index is 12.8. The average Bonchev–Trinajstić information content (AvgIpc) is 2.75. The van der Waals surface area contributed by atoms with Crippen LogP contribution in [0.3, 0.4) is 0 Å². The van der Waals surface area contributed by atoms with Crippen LogP contribution in [-0.4, -0.2) is 18.5 Å². The highest BCUT2D eigenvalue weighted by Gasteiger charge is 2.28. The first kappa shape index (κ1) is 18.7. The summed E-state index contributed by atoms with van der Waals surface area (Å²) < 4.78 is 11.1. The Hall–Kier alpha value is -3.60. The van der Waals surface area contributed by atoms with Gasteiger partial charge in [0.15, 0.2) is 0 Å². The fourth-order valence-corrected chi connectivity index (χ4v) is 3.44. The summed E-state index contributed by atoms with van der Waals surface area (Å²) in [6.45, 7) is 2.40. The zero-order valence-electron chi connectivity index (χ0n) is 16.1. The summed E-state index contributed by atoms with van der Waals surface area (Å²) in [6, 6.07) is 22.0. The Morgan fingerprint density at radius 2 is 1.83 bits per heavy atom. The highest BCUT2D eigenvalue weighted by molar-refractivity contribution is 6.06. The molecule has 0 spiro atoms. The normalized spacial score (nSPS) is 15.2. The highest BCUT2D eigenvalue weighted by Crippen LogP contribution is 2.31. The number of cyclic esters (lactones) is 1. The van der Waals surface area contributed by atoms with Gasteiger partial charge in [-0.15, -0.1) is 0 Å². The molecule has 4 rings (SSSR count). The number of rotatable bonds is 5. The molecule has 5 nitrogen and oxygen atoms in total. The van der Waals surface area contributed by atoms with E-state index in [4.69, 9.17) is 9.47 Å². The zero-order valence-corrected chi connectivity index (χ0v) is 16.1. The van der Waals surface area contributed by atoms with E-state index in [2.05, 4.69) is 5.32 Å². The molecule has 0 fully saturated rings. The van der Waals surface area contributed by atoms with E-state index in [0.717, 1.165) is 11.1 Å². The van der Waals surface area contributed by atoms with E-state index >= 15 is 0 Å². The van der Waals surface area contributed by atoms with Gasteiger partial charge in [-0.1, -0.05) is 42.5 Å². The van der Waals surface area contributed by atoms with Crippen molar-refractivity contribution < 1.29 is 19.1 Å². The Morgan fingerprint density at radius 1 is 1.07 bits per heavy atom.